The molecule has 1 aromatic heterocycles. The van der Waals surface area contributed by atoms with Crippen LogP contribution in [-0.2, 0) is 6.54 Å². The molecule has 1 aromatic carbocycles. The number of hydrogen-bond donors (Lipinski definition) is 1. The monoisotopic (exact) mass is 308 g/mol. The maximum Gasteiger partial charge on any atom is 0.0636 e. The third-order valence-electron chi connectivity index (χ3n) is 4.36. The fourth-order valence-corrected chi connectivity index (χ4v) is 4.34. The zero-order chi connectivity index (χ0) is 14.1. The van der Waals surface area contributed by atoms with E-state index in [-0.39, 0.29) is 0 Å². The molecule has 1 N–H and O–H groups in total. The molecule has 1 aliphatic rings. The SMILES string of the molecule is CC1CC(NCc2sc3ccccc3c2Cl)CCN1C. The zero-order valence-corrected chi connectivity index (χ0v) is 13.6. The molecule has 0 amide bonds. The van der Waals surface area contributed by atoms with Crippen LogP contribution < -0.4 is 5.32 Å². The summed E-state index contributed by atoms with van der Waals surface area (Å²) in [6.07, 6.45) is 2.45. The van der Waals surface area contributed by atoms with Crippen LogP contribution in [0, 0.1) is 0 Å². The first-order valence-corrected chi connectivity index (χ1v) is 8.44. The van der Waals surface area contributed by atoms with Crippen molar-refractivity contribution in [3.63, 3.8) is 0 Å². The fourth-order valence-electron chi connectivity index (χ4n) is 2.89. The van der Waals surface area contributed by atoms with Gasteiger partial charge in [-0.3, -0.25) is 0 Å². The van der Waals surface area contributed by atoms with Gasteiger partial charge in [0.25, 0.3) is 0 Å². The highest BCUT2D eigenvalue weighted by molar-refractivity contribution is 7.19. The number of halogens is 1. The van der Waals surface area contributed by atoms with Gasteiger partial charge in [0.15, 0.2) is 0 Å². The second-order valence-electron chi connectivity index (χ2n) is 5.77. The molecule has 0 bridgehead atoms. The zero-order valence-electron chi connectivity index (χ0n) is 12.0. The quantitative estimate of drug-likeness (QED) is 0.917. The number of fused-ring (bicyclic) bond motifs is 1. The highest BCUT2D eigenvalue weighted by atomic mass is 35.5. The molecule has 0 spiro atoms. The number of benzene rings is 1. The third kappa shape index (κ3) is 2.86. The maximum absolute atomic E-state index is 6.49. The van der Waals surface area contributed by atoms with Crippen molar-refractivity contribution in [2.45, 2.75) is 38.4 Å². The number of nitrogens with zero attached hydrogens (tertiary/aromatic N) is 1. The van der Waals surface area contributed by atoms with Gasteiger partial charge >= 0.3 is 0 Å². The highest BCUT2D eigenvalue weighted by Crippen LogP contribution is 2.35. The molecule has 1 aliphatic heterocycles. The molecule has 0 aliphatic carbocycles. The molecule has 4 heteroatoms. The van der Waals surface area contributed by atoms with E-state index < -0.39 is 0 Å². The van der Waals surface area contributed by atoms with Crippen molar-refractivity contribution in [1.82, 2.24) is 10.2 Å². The summed E-state index contributed by atoms with van der Waals surface area (Å²) < 4.78 is 1.28. The van der Waals surface area contributed by atoms with Crippen LogP contribution in [0.25, 0.3) is 10.1 Å². The first-order valence-electron chi connectivity index (χ1n) is 7.24. The van der Waals surface area contributed by atoms with Crippen molar-refractivity contribution in [2.24, 2.45) is 0 Å². The average Bonchev–Trinajstić information content (AvgIpc) is 2.77. The fraction of sp³-hybridized carbons (Fsp3) is 0.500. The minimum absolute atomic E-state index is 0.613. The van der Waals surface area contributed by atoms with Gasteiger partial charge in [-0.15, -0.1) is 11.3 Å². The molecule has 2 unspecified atom stereocenters. The molecule has 2 heterocycles. The molecule has 2 aromatic rings. The van der Waals surface area contributed by atoms with Crippen LogP contribution in [0.15, 0.2) is 24.3 Å². The van der Waals surface area contributed by atoms with Crippen molar-refractivity contribution in [3.8, 4) is 0 Å². The topological polar surface area (TPSA) is 15.3 Å². The molecule has 1 fully saturated rings. The molecule has 108 valence electrons. The van der Waals surface area contributed by atoms with E-state index in [1.807, 2.05) is 11.3 Å². The Morgan fingerprint density at radius 2 is 2.20 bits per heavy atom. The van der Waals surface area contributed by atoms with Crippen LogP contribution >= 0.6 is 22.9 Å². The largest absolute Gasteiger partial charge is 0.309 e. The average molecular weight is 309 g/mol. The molecule has 2 atom stereocenters. The van der Waals surface area contributed by atoms with Crippen LogP contribution in [0.1, 0.15) is 24.6 Å². The van der Waals surface area contributed by atoms with Gasteiger partial charge in [-0.05, 0) is 39.4 Å². The van der Waals surface area contributed by atoms with Gasteiger partial charge in [0.05, 0.1) is 5.02 Å². The summed E-state index contributed by atoms with van der Waals surface area (Å²) in [5.41, 5.74) is 0. The lowest BCUT2D eigenvalue weighted by Crippen LogP contribution is -2.45. The first kappa shape index (κ1) is 14.3. The Hall–Kier alpha value is -0.610. The number of likely N-dealkylation sites (tertiary alicyclic amines) is 1. The smallest absolute Gasteiger partial charge is 0.0636 e. The molecular weight excluding hydrogens is 288 g/mol. The summed E-state index contributed by atoms with van der Waals surface area (Å²) >= 11 is 8.30. The maximum atomic E-state index is 6.49. The molecule has 1 saturated heterocycles. The lowest BCUT2D eigenvalue weighted by molar-refractivity contribution is 0.168. The molecule has 0 radical (unpaired) electrons. The van der Waals surface area contributed by atoms with Crippen LogP contribution in [-0.4, -0.2) is 30.6 Å². The van der Waals surface area contributed by atoms with Crippen molar-refractivity contribution < 1.29 is 0 Å². The van der Waals surface area contributed by atoms with Crippen LogP contribution in [0.5, 0.6) is 0 Å². The van der Waals surface area contributed by atoms with Crippen LogP contribution in [0.4, 0.5) is 0 Å². The molecular formula is C16H21ClN2S. The van der Waals surface area contributed by atoms with E-state index in [4.69, 9.17) is 11.6 Å². The molecule has 3 rings (SSSR count). The lowest BCUT2D eigenvalue weighted by Gasteiger charge is -2.35. The summed E-state index contributed by atoms with van der Waals surface area (Å²) in [5.74, 6) is 0. The summed E-state index contributed by atoms with van der Waals surface area (Å²) in [6.45, 7) is 4.37. The summed E-state index contributed by atoms with van der Waals surface area (Å²) in [5, 5.41) is 5.81. The molecule has 2 nitrogen and oxygen atoms in total. The lowest BCUT2D eigenvalue weighted by atomic mass is 9.99. The van der Waals surface area contributed by atoms with Gasteiger partial charge in [-0.2, -0.15) is 0 Å². The van der Waals surface area contributed by atoms with E-state index in [9.17, 15) is 0 Å². The van der Waals surface area contributed by atoms with Gasteiger partial charge in [0.1, 0.15) is 0 Å². The van der Waals surface area contributed by atoms with Gasteiger partial charge in [0, 0.05) is 33.6 Å². The van der Waals surface area contributed by atoms with E-state index in [1.165, 1.54) is 34.3 Å². The van der Waals surface area contributed by atoms with E-state index in [0.717, 1.165) is 11.6 Å². The summed E-state index contributed by atoms with van der Waals surface area (Å²) in [6, 6.07) is 9.66. The van der Waals surface area contributed by atoms with Crippen molar-refractivity contribution in [1.29, 1.82) is 0 Å². The standard InChI is InChI=1S/C16H21ClN2S/c1-11-9-12(7-8-19(11)2)18-10-15-16(17)13-5-3-4-6-14(13)20-15/h3-6,11-12,18H,7-10H2,1-2H3. The Labute approximate surface area is 129 Å². The first-order chi connectivity index (χ1) is 9.65. The van der Waals surface area contributed by atoms with Crippen molar-refractivity contribution in [2.75, 3.05) is 13.6 Å². The second-order valence-corrected chi connectivity index (χ2v) is 7.28. The van der Waals surface area contributed by atoms with Gasteiger partial charge < -0.3 is 10.2 Å². The number of hydrogen-bond acceptors (Lipinski definition) is 3. The van der Waals surface area contributed by atoms with E-state index in [2.05, 4.69) is 48.5 Å². The van der Waals surface area contributed by atoms with E-state index >= 15 is 0 Å². The Balaban J connectivity index is 1.67. The normalized spacial score (nSPS) is 24.4. The summed E-state index contributed by atoms with van der Waals surface area (Å²) in [4.78, 5) is 3.70. The van der Waals surface area contributed by atoms with E-state index in [0.29, 0.717) is 12.1 Å². The molecule has 0 saturated carbocycles. The summed E-state index contributed by atoms with van der Waals surface area (Å²) in [7, 11) is 2.21. The van der Waals surface area contributed by atoms with Gasteiger partial charge in [-0.1, -0.05) is 29.8 Å². The van der Waals surface area contributed by atoms with Crippen LogP contribution in [0.2, 0.25) is 5.02 Å². The van der Waals surface area contributed by atoms with Crippen molar-refractivity contribution >= 4 is 33.0 Å². The molecule has 20 heavy (non-hydrogen) atoms. The van der Waals surface area contributed by atoms with Gasteiger partial charge in [0.2, 0.25) is 0 Å². The Bertz CT molecular complexity index is 595. The second kappa shape index (κ2) is 6.02. The predicted octanol–water partition coefficient (Wildman–Crippen LogP) is 4.13. The number of thiophene rings is 1. The highest BCUT2D eigenvalue weighted by Gasteiger charge is 2.22. The third-order valence-corrected chi connectivity index (χ3v) is 6.08. The minimum Gasteiger partial charge on any atom is -0.309 e. The Morgan fingerprint density at radius 1 is 1.40 bits per heavy atom. The predicted molar refractivity (Wildman–Crippen MR) is 88.8 cm³/mol. The number of piperidine rings is 1. The van der Waals surface area contributed by atoms with Crippen LogP contribution in [0.3, 0.4) is 0 Å². The number of rotatable bonds is 3. The van der Waals surface area contributed by atoms with Crippen molar-refractivity contribution in [3.05, 3.63) is 34.2 Å². The number of nitrogens with one attached hydrogen (secondary N) is 1. The minimum atomic E-state index is 0.613. The van der Waals surface area contributed by atoms with Gasteiger partial charge in [-0.25, -0.2) is 0 Å². The Kier molecular flexibility index (Phi) is 4.32. The van der Waals surface area contributed by atoms with E-state index in [1.54, 1.807) is 0 Å². The Morgan fingerprint density at radius 3 is 2.95 bits per heavy atom.